The SMILES string of the molecule is S=C(NCc1ccc2c(c1)OCO2)N1CCC[C@H]2CCCC[C@@H]21. The fourth-order valence-electron chi connectivity index (χ4n) is 4.21. The van der Waals surface area contributed by atoms with Gasteiger partial charge >= 0.3 is 0 Å². The molecule has 3 aliphatic rings. The standard InChI is InChI=1S/C18H24N2O2S/c23-18(20-9-3-5-14-4-1-2-6-15(14)20)19-11-13-7-8-16-17(10-13)22-12-21-16/h7-8,10,14-15H,1-6,9,11-12H2,(H,19,23)/t14-,15+/m1/s1. The van der Waals surface area contributed by atoms with Gasteiger partial charge < -0.3 is 19.7 Å². The van der Waals surface area contributed by atoms with Crippen molar-refractivity contribution in [2.24, 2.45) is 5.92 Å². The number of ether oxygens (including phenoxy) is 2. The Morgan fingerprint density at radius 1 is 1.13 bits per heavy atom. The van der Waals surface area contributed by atoms with Gasteiger partial charge in [0.25, 0.3) is 0 Å². The highest BCUT2D eigenvalue weighted by Crippen LogP contribution is 2.35. The van der Waals surface area contributed by atoms with Gasteiger partial charge in [0.05, 0.1) is 0 Å². The summed E-state index contributed by atoms with van der Waals surface area (Å²) >= 11 is 5.70. The molecule has 4 nitrogen and oxygen atoms in total. The van der Waals surface area contributed by atoms with Gasteiger partial charge in [-0.15, -0.1) is 0 Å². The Labute approximate surface area is 143 Å². The number of thiocarbonyl (C=S) groups is 1. The predicted molar refractivity (Wildman–Crippen MR) is 93.7 cm³/mol. The molecule has 2 aliphatic heterocycles. The van der Waals surface area contributed by atoms with Crippen LogP contribution >= 0.6 is 12.2 Å². The van der Waals surface area contributed by atoms with Crippen molar-refractivity contribution in [2.75, 3.05) is 13.3 Å². The second kappa shape index (κ2) is 6.56. The topological polar surface area (TPSA) is 33.7 Å². The first-order valence-corrected chi connectivity index (χ1v) is 9.15. The first kappa shape index (κ1) is 15.1. The molecule has 0 amide bonds. The van der Waals surface area contributed by atoms with Crippen molar-refractivity contribution in [3.8, 4) is 11.5 Å². The molecule has 1 saturated heterocycles. The van der Waals surface area contributed by atoms with Crippen LogP contribution < -0.4 is 14.8 Å². The maximum Gasteiger partial charge on any atom is 0.231 e. The molecule has 124 valence electrons. The third kappa shape index (κ3) is 3.11. The number of hydrogen-bond acceptors (Lipinski definition) is 3. The van der Waals surface area contributed by atoms with E-state index in [-0.39, 0.29) is 0 Å². The lowest BCUT2D eigenvalue weighted by molar-refractivity contribution is 0.118. The van der Waals surface area contributed by atoms with Crippen LogP contribution in [0.25, 0.3) is 0 Å². The van der Waals surface area contributed by atoms with Gasteiger partial charge in [0.15, 0.2) is 16.6 Å². The van der Waals surface area contributed by atoms with E-state index in [2.05, 4.69) is 16.3 Å². The smallest absolute Gasteiger partial charge is 0.231 e. The van der Waals surface area contributed by atoms with Crippen molar-refractivity contribution >= 4 is 17.3 Å². The van der Waals surface area contributed by atoms with Crippen molar-refractivity contribution in [3.05, 3.63) is 23.8 Å². The zero-order chi connectivity index (χ0) is 15.6. The molecular formula is C18H24N2O2S. The number of fused-ring (bicyclic) bond motifs is 2. The van der Waals surface area contributed by atoms with Crippen LogP contribution in [0.1, 0.15) is 44.1 Å². The highest BCUT2D eigenvalue weighted by molar-refractivity contribution is 7.80. The molecule has 2 atom stereocenters. The third-order valence-electron chi connectivity index (χ3n) is 5.38. The average Bonchev–Trinajstić information content (AvgIpc) is 3.07. The monoisotopic (exact) mass is 332 g/mol. The minimum absolute atomic E-state index is 0.321. The lowest BCUT2D eigenvalue weighted by atomic mass is 9.78. The second-order valence-electron chi connectivity index (χ2n) is 6.79. The number of likely N-dealkylation sites (tertiary alicyclic amines) is 1. The van der Waals surface area contributed by atoms with Crippen molar-refractivity contribution < 1.29 is 9.47 Å². The highest BCUT2D eigenvalue weighted by Gasteiger charge is 2.34. The van der Waals surface area contributed by atoms with Crippen LogP contribution in [0, 0.1) is 5.92 Å². The summed E-state index contributed by atoms with van der Waals surface area (Å²) in [6, 6.07) is 6.75. The summed E-state index contributed by atoms with van der Waals surface area (Å²) in [5, 5.41) is 4.37. The molecule has 1 aromatic carbocycles. The van der Waals surface area contributed by atoms with Gasteiger partial charge in [-0.3, -0.25) is 0 Å². The zero-order valence-corrected chi connectivity index (χ0v) is 14.2. The quantitative estimate of drug-likeness (QED) is 0.839. The van der Waals surface area contributed by atoms with Gasteiger partial charge in [0, 0.05) is 19.1 Å². The number of rotatable bonds is 2. The van der Waals surface area contributed by atoms with Crippen LogP contribution in [0.3, 0.4) is 0 Å². The van der Waals surface area contributed by atoms with E-state index in [1.807, 2.05) is 12.1 Å². The van der Waals surface area contributed by atoms with E-state index >= 15 is 0 Å². The molecular weight excluding hydrogens is 308 g/mol. The average molecular weight is 332 g/mol. The van der Waals surface area contributed by atoms with Gasteiger partial charge in [0.2, 0.25) is 6.79 Å². The number of benzene rings is 1. The molecule has 0 radical (unpaired) electrons. The summed E-state index contributed by atoms with van der Waals surface area (Å²) in [4.78, 5) is 2.45. The van der Waals surface area contributed by atoms with Gasteiger partial charge in [-0.05, 0) is 61.5 Å². The van der Waals surface area contributed by atoms with Crippen LogP contribution in [0.5, 0.6) is 11.5 Å². The molecule has 4 rings (SSSR count). The Morgan fingerprint density at radius 2 is 1.96 bits per heavy atom. The van der Waals surface area contributed by atoms with Crippen LogP contribution in [0.4, 0.5) is 0 Å². The molecule has 0 aromatic heterocycles. The van der Waals surface area contributed by atoms with E-state index < -0.39 is 0 Å². The van der Waals surface area contributed by atoms with E-state index in [9.17, 15) is 0 Å². The Morgan fingerprint density at radius 3 is 2.91 bits per heavy atom. The van der Waals surface area contributed by atoms with Crippen molar-refractivity contribution in [1.82, 2.24) is 10.2 Å². The summed E-state index contributed by atoms with van der Waals surface area (Å²) in [5.41, 5.74) is 1.17. The largest absolute Gasteiger partial charge is 0.454 e. The number of hydrogen-bond donors (Lipinski definition) is 1. The lowest BCUT2D eigenvalue weighted by Crippen LogP contribution is -2.52. The Hall–Kier alpha value is -1.49. The first-order valence-electron chi connectivity index (χ1n) is 8.74. The van der Waals surface area contributed by atoms with Crippen molar-refractivity contribution in [3.63, 3.8) is 0 Å². The van der Waals surface area contributed by atoms with Crippen molar-refractivity contribution in [1.29, 1.82) is 0 Å². The summed E-state index contributed by atoms with van der Waals surface area (Å²) in [5.74, 6) is 2.51. The van der Waals surface area contributed by atoms with Crippen LogP contribution in [-0.4, -0.2) is 29.4 Å². The van der Waals surface area contributed by atoms with Crippen LogP contribution in [0.2, 0.25) is 0 Å². The summed E-state index contributed by atoms with van der Waals surface area (Å²) in [6.07, 6.45) is 8.08. The summed E-state index contributed by atoms with van der Waals surface area (Å²) < 4.78 is 10.8. The van der Waals surface area contributed by atoms with E-state index in [1.165, 1.54) is 44.1 Å². The van der Waals surface area contributed by atoms with Crippen LogP contribution in [0.15, 0.2) is 18.2 Å². The lowest BCUT2D eigenvalue weighted by Gasteiger charge is -2.45. The zero-order valence-electron chi connectivity index (χ0n) is 13.4. The number of nitrogens with one attached hydrogen (secondary N) is 1. The van der Waals surface area contributed by atoms with E-state index in [0.29, 0.717) is 12.8 Å². The number of piperidine rings is 1. The Kier molecular flexibility index (Phi) is 4.29. The van der Waals surface area contributed by atoms with Gasteiger partial charge in [-0.2, -0.15) is 0 Å². The maximum absolute atomic E-state index is 5.70. The molecule has 1 saturated carbocycles. The van der Waals surface area contributed by atoms with E-state index in [4.69, 9.17) is 21.7 Å². The minimum atomic E-state index is 0.321. The first-order chi connectivity index (χ1) is 11.3. The third-order valence-corrected chi connectivity index (χ3v) is 5.76. The predicted octanol–water partition coefficient (Wildman–Crippen LogP) is 3.44. The molecule has 1 N–H and O–H groups in total. The molecule has 0 unspecified atom stereocenters. The van der Waals surface area contributed by atoms with E-state index in [0.717, 1.165) is 35.6 Å². The molecule has 2 heterocycles. The minimum Gasteiger partial charge on any atom is -0.454 e. The highest BCUT2D eigenvalue weighted by atomic mass is 32.1. The summed E-state index contributed by atoms with van der Waals surface area (Å²) in [6.45, 7) is 2.17. The van der Waals surface area contributed by atoms with Gasteiger partial charge in [-0.1, -0.05) is 18.9 Å². The van der Waals surface area contributed by atoms with Gasteiger partial charge in [0.1, 0.15) is 0 Å². The molecule has 1 aliphatic carbocycles. The van der Waals surface area contributed by atoms with Crippen molar-refractivity contribution in [2.45, 2.75) is 51.1 Å². The Bertz CT molecular complexity index is 590. The molecule has 2 fully saturated rings. The fraction of sp³-hybridized carbons (Fsp3) is 0.611. The molecule has 23 heavy (non-hydrogen) atoms. The normalized spacial score (nSPS) is 25.8. The molecule has 5 heteroatoms. The number of nitrogens with zero attached hydrogens (tertiary/aromatic N) is 1. The fourth-order valence-corrected chi connectivity index (χ4v) is 4.51. The molecule has 0 spiro atoms. The molecule has 0 bridgehead atoms. The second-order valence-corrected chi connectivity index (χ2v) is 7.18. The summed E-state index contributed by atoms with van der Waals surface area (Å²) in [7, 11) is 0. The van der Waals surface area contributed by atoms with Crippen LogP contribution in [-0.2, 0) is 6.54 Å². The van der Waals surface area contributed by atoms with Gasteiger partial charge in [-0.25, -0.2) is 0 Å². The maximum atomic E-state index is 5.70. The molecule has 1 aromatic rings. The Balaban J connectivity index is 1.37. The van der Waals surface area contributed by atoms with E-state index in [1.54, 1.807) is 0 Å².